The van der Waals surface area contributed by atoms with Crippen LogP contribution in [0.1, 0.15) is 33.6 Å². The molecule has 2 aromatic rings. The zero-order valence-electron chi connectivity index (χ0n) is 13.1. The maximum absolute atomic E-state index is 4.51. The molecule has 0 fully saturated rings. The molecular weight excluding hydrogens is 278 g/mol. The molecule has 4 heteroatoms. The molecular formula is C17H21N3S. The number of allylic oxidation sites excluding steroid dienone is 2. The highest BCUT2D eigenvalue weighted by atomic mass is 32.1. The fourth-order valence-corrected chi connectivity index (χ4v) is 4.01. The third kappa shape index (κ3) is 3.00. The topological polar surface area (TPSA) is 29.6 Å². The molecule has 0 saturated carbocycles. The van der Waals surface area contributed by atoms with Crippen molar-refractivity contribution in [2.45, 2.75) is 33.6 Å². The normalized spacial score (nSPS) is 21.0. The van der Waals surface area contributed by atoms with Crippen molar-refractivity contribution >= 4 is 27.3 Å². The second-order valence-electron chi connectivity index (χ2n) is 6.61. The van der Waals surface area contributed by atoms with Gasteiger partial charge in [-0.05, 0) is 43.4 Å². The molecule has 0 spiro atoms. The number of fused-ring (bicyclic) bond motifs is 1. The average molecular weight is 299 g/mol. The first-order valence-corrected chi connectivity index (χ1v) is 8.09. The molecule has 1 aromatic heterocycles. The molecule has 3 rings (SSSR count). The van der Waals surface area contributed by atoms with Crippen LogP contribution in [-0.2, 0) is 7.05 Å². The van der Waals surface area contributed by atoms with Crippen molar-refractivity contribution in [1.29, 1.82) is 0 Å². The zero-order valence-corrected chi connectivity index (χ0v) is 13.9. The fraction of sp³-hybridized carbons (Fsp3) is 0.412. The van der Waals surface area contributed by atoms with Crippen LogP contribution in [0.3, 0.4) is 0 Å². The number of para-hydroxylation sites is 1. The Labute approximate surface area is 129 Å². The number of aromatic nitrogens is 1. The van der Waals surface area contributed by atoms with Crippen LogP contribution in [0.4, 0.5) is 0 Å². The van der Waals surface area contributed by atoms with Gasteiger partial charge in [0.15, 0.2) is 0 Å². The molecule has 1 heterocycles. The Kier molecular flexibility index (Phi) is 3.57. The molecule has 3 nitrogen and oxygen atoms in total. The summed E-state index contributed by atoms with van der Waals surface area (Å²) in [6, 6.07) is 8.36. The Morgan fingerprint density at radius 1 is 1.14 bits per heavy atom. The van der Waals surface area contributed by atoms with Crippen LogP contribution in [0.5, 0.6) is 0 Å². The van der Waals surface area contributed by atoms with Crippen molar-refractivity contribution in [3.8, 4) is 0 Å². The largest absolute Gasteiger partial charge is 0.318 e. The summed E-state index contributed by atoms with van der Waals surface area (Å²) < 4.78 is 3.35. The predicted molar refractivity (Wildman–Crippen MR) is 90.6 cm³/mol. The first kappa shape index (κ1) is 14.3. The highest BCUT2D eigenvalue weighted by molar-refractivity contribution is 7.16. The minimum atomic E-state index is 0.287. The highest BCUT2D eigenvalue weighted by Gasteiger charge is 2.24. The van der Waals surface area contributed by atoms with Crippen molar-refractivity contribution in [1.82, 2.24) is 4.57 Å². The van der Waals surface area contributed by atoms with Crippen LogP contribution in [0.25, 0.3) is 10.2 Å². The van der Waals surface area contributed by atoms with Crippen LogP contribution in [-0.4, -0.2) is 10.3 Å². The summed E-state index contributed by atoms with van der Waals surface area (Å²) in [7, 11) is 2.05. The van der Waals surface area contributed by atoms with Crippen LogP contribution < -0.4 is 4.80 Å². The molecule has 0 aliphatic heterocycles. The molecule has 1 aliphatic rings. The van der Waals surface area contributed by atoms with E-state index in [9.17, 15) is 0 Å². The molecule has 0 bridgehead atoms. The van der Waals surface area contributed by atoms with E-state index in [1.165, 1.54) is 15.8 Å². The number of benzene rings is 1. The number of hydrogen-bond donors (Lipinski definition) is 0. The molecule has 1 aromatic carbocycles. The van der Waals surface area contributed by atoms with E-state index in [1.807, 2.05) is 7.05 Å². The van der Waals surface area contributed by atoms with Gasteiger partial charge in [0.25, 0.3) is 0 Å². The van der Waals surface area contributed by atoms with E-state index in [-0.39, 0.29) is 5.41 Å². The zero-order chi connectivity index (χ0) is 15.0. The lowest BCUT2D eigenvalue weighted by Crippen LogP contribution is -2.21. The third-order valence-electron chi connectivity index (χ3n) is 3.81. The number of aryl methyl sites for hydroxylation is 1. The third-order valence-corrected chi connectivity index (χ3v) is 4.91. The lowest BCUT2D eigenvalue weighted by Gasteiger charge is -2.28. The predicted octanol–water partition coefficient (Wildman–Crippen LogP) is 4.26. The number of rotatable bonds is 1. The lowest BCUT2D eigenvalue weighted by molar-refractivity contribution is 0.373. The Bertz CT molecular complexity index is 803. The van der Waals surface area contributed by atoms with Gasteiger partial charge in [0.05, 0.1) is 15.9 Å². The SMILES string of the molecule is CC1=CC(=NN=c2sc3ccccc3n2C)CC(C)(C)C1. The Morgan fingerprint density at radius 2 is 1.90 bits per heavy atom. The van der Waals surface area contributed by atoms with E-state index in [0.717, 1.165) is 23.4 Å². The van der Waals surface area contributed by atoms with Gasteiger partial charge in [-0.1, -0.05) is 42.9 Å². The van der Waals surface area contributed by atoms with E-state index < -0.39 is 0 Å². The fourth-order valence-electron chi connectivity index (χ4n) is 3.04. The van der Waals surface area contributed by atoms with Gasteiger partial charge in [-0.25, -0.2) is 0 Å². The van der Waals surface area contributed by atoms with Crippen molar-refractivity contribution < 1.29 is 0 Å². The molecule has 0 radical (unpaired) electrons. The van der Waals surface area contributed by atoms with Gasteiger partial charge in [0.1, 0.15) is 0 Å². The molecule has 0 atom stereocenters. The first-order valence-electron chi connectivity index (χ1n) is 7.27. The van der Waals surface area contributed by atoms with Gasteiger partial charge in [0.2, 0.25) is 4.80 Å². The van der Waals surface area contributed by atoms with Crippen LogP contribution >= 0.6 is 11.3 Å². The Morgan fingerprint density at radius 3 is 2.62 bits per heavy atom. The van der Waals surface area contributed by atoms with E-state index >= 15 is 0 Å². The van der Waals surface area contributed by atoms with Crippen molar-refractivity contribution in [2.24, 2.45) is 22.7 Å². The van der Waals surface area contributed by atoms with Crippen molar-refractivity contribution in [3.63, 3.8) is 0 Å². The second kappa shape index (κ2) is 5.26. The number of hydrogen-bond acceptors (Lipinski definition) is 3. The van der Waals surface area contributed by atoms with Crippen LogP contribution in [0, 0.1) is 5.41 Å². The van der Waals surface area contributed by atoms with Gasteiger partial charge >= 0.3 is 0 Å². The van der Waals surface area contributed by atoms with E-state index in [4.69, 9.17) is 0 Å². The van der Waals surface area contributed by atoms with Gasteiger partial charge in [0, 0.05) is 7.05 Å². The molecule has 0 unspecified atom stereocenters. The summed E-state index contributed by atoms with van der Waals surface area (Å²) in [5.74, 6) is 0. The average Bonchev–Trinajstić information content (AvgIpc) is 2.72. The number of thiazole rings is 1. The van der Waals surface area contributed by atoms with E-state index in [1.54, 1.807) is 11.3 Å². The number of nitrogens with zero attached hydrogens (tertiary/aromatic N) is 3. The summed E-state index contributed by atoms with van der Waals surface area (Å²) in [6.45, 7) is 6.76. The summed E-state index contributed by atoms with van der Waals surface area (Å²) >= 11 is 1.68. The molecule has 0 saturated heterocycles. The summed E-state index contributed by atoms with van der Waals surface area (Å²) in [4.78, 5) is 0.943. The second-order valence-corrected chi connectivity index (χ2v) is 7.62. The maximum Gasteiger partial charge on any atom is 0.211 e. The Hall–Kier alpha value is -1.68. The maximum atomic E-state index is 4.51. The molecule has 21 heavy (non-hydrogen) atoms. The van der Waals surface area contributed by atoms with Gasteiger partial charge in [-0.15, -0.1) is 5.10 Å². The summed E-state index contributed by atoms with van der Waals surface area (Å²) in [5.41, 5.74) is 3.97. The molecule has 0 amide bonds. The standard InChI is InChI=1S/C17H21N3S/c1-12-9-13(11-17(2,3)10-12)18-19-16-20(4)14-7-5-6-8-15(14)21-16/h5-9H,10-11H2,1-4H3. The van der Waals surface area contributed by atoms with Crippen LogP contribution in [0.2, 0.25) is 0 Å². The van der Waals surface area contributed by atoms with E-state index in [0.29, 0.717) is 0 Å². The first-order chi connectivity index (χ1) is 9.94. The van der Waals surface area contributed by atoms with Gasteiger partial charge in [-0.3, -0.25) is 0 Å². The quantitative estimate of drug-likeness (QED) is 0.704. The van der Waals surface area contributed by atoms with Gasteiger partial charge < -0.3 is 4.57 Å². The van der Waals surface area contributed by atoms with E-state index in [2.05, 4.69) is 65.9 Å². The summed E-state index contributed by atoms with van der Waals surface area (Å²) in [5, 5.41) is 9.00. The molecule has 0 N–H and O–H groups in total. The minimum Gasteiger partial charge on any atom is -0.318 e. The lowest BCUT2D eigenvalue weighted by atomic mass is 9.77. The Balaban J connectivity index is 2.03. The van der Waals surface area contributed by atoms with Crippen molar-refractivity contribution in [2.75, 3.05) is 0 Å². The van der Waals surface area contributed by atoms with Gasteiger partial charge in [-0.2, -0.15) is 5.10 Å². The smallest absolute Gasteiger partial charge is 0.211 e. The summed E-state index contributed by atoms with van der Waals surface area (Å²) in [6.07, 6.45) is 4.31. The van der Waals surface area contributed by atoms with Crippen molar-refractivity contribution in [3.05, 3.63) is 40.7 Å². The highest BCUT2D eigenvalue weighted by Crippen LogP contribution is 2.33. The minimum absolute atomic E-state index is 0.287. The molecule has 1 aliphatic carbocycles. The monoisotopic (exact) mass is 299 g/mol. The van der Waals surface area contributed by atoms with Crippen LogP contribution in [0.15, 0.2) is 46.1 Å². The molecule has 110 valence electrons.